The number of esters is 2. The third-order valence-electron chi connectivity index (χ3n) is 6.60. The largest absolute Gasteiger partial charge is 0.468 e. The highest BCUT2D eigenvalue weighted by atomic mass is 35.5. The normalized spacial score (nSPS) is 12.3. The van der Waals surface area contributed by atoms with Crippen LogP contribution in [0, 0.1) is 17.0 Å². The molecule has 1 atom stereocenters. The maximum Gasteiger partial charge on any atom is 0.328 e. The Morgan fingerprint density at radius 2 is 1.66 bits per heavy atom. The summed E-state index contributed by atoms with van der Waals surface area (Å²) in [4.78, 5) is 46.8. The number of imidazole rings is 1. The van der Waals surface area contributed by atoms with Crippen LogP contribution in [0.15, 0.2) is 54.9 Å². The van der Waals surface area contributed by atoms with Gasteiger partial charge in [0.2, 0.25) is 5.41 Å². The van der Waals surface area contributed by atoms with Crippen molar-refractivity contribution in [3.8, 4) is 5.69 Å². The van der Waals surface area contributed by atoms with Crippen LogP contribution in [0.4, 0.5) is 5.69 Å². The average molecular weight is 557 g/mol. The molecule has 0 aliphatic carbocycles. The summed E-state index contributed by atoms with van der Waals surface area (Å²) in [7, 11) is 2.17. The Balaban J connectivity index is 1.92. The van der Waals surface area contributed by atoms with Gasteiger partial charge in [-0.2, -0.15) is 0 Å². The number of fused-ring (bicyclic) bond motifs is 1. The molecule has 38 heavy (non-hydrogen) atoms. The molecule has 4 aromatic rings. The number of benzene rings is 2. The van der Waals surface area contributed by atoms with E-state index in [1.165, 1.54) is 0 Å². The molecule has 0 N–H and O–H groups in total. The number of carbonyl (C=O) groups excluding carboxylic acids is 2. The lowest BCUT2D eigenvalue weighted by molar-refractivity contribution is -0.386. The lowest BCUT2D eigenvalue weighted by Crippen LogP contribution is -2.49. The fourth-order valence-electron chi connectivity index (χ4n) is 4.76. The van der Waals surface area contributed by atoms with E-state index in [9.17, 15) is 19.7 Å². The van der Waals surface area contributed by atoms with Crippen molar-refractivity contribution >= 4 is 51.9 Å². The fraction of sp³-hybridized carbons (Fsp3) is 0.231. The molecule has 0 aliphatic rings. The molecule has 10 nitrogen and oxygen atoms in total. The summed E-state index contributed by atoms with van der Waals surface area (Å²) < 4.78 is 12.0. The third kappa shape index (κ3) is 4.25. The van der Waals surface area contributed by atoms with Gasteiger partial charge >= 0.3 is 11.9 Å². The monoisotopic (exact) mass is 556 g/mol. The number of rotatable bonds is 7. The van der Waals surface area contributed by atoms with Crippen LogP contribution in [0.1, 0.15) is 29.8 Å². The van der Waals surface area contributed by atoms with Gasteiger partial charge in [0.15, 0.2) is 0 Å². The van der Waals surface area contributed by atoms with Crippen molar-refractivity contribution in [1.82, 2.24) is 14.5 Å². The summed E-state index contributed by atoms with van der Waals surface area (Å²) in [5.74, 6) is -2.35. The van der Waals surface area contributed by atoms with E-state index in [1.807, 2.05) is 17.6 Å². The number of nitro groups is 1. The van der Waals surface area contributed by atoms with Crippen LogP contribution in [0.2, 0.25) is 10.0 Å². The number of methoxy groups -OCH3 is 2. The van der Waals surface area contributed by atoms with E-state index >= 15 is 0 Å². The van der Waals surface area contributed by atoms with Gasteiger partial charge in [-0.15, -0.1) is 0 Å². The number of aromatic nitrogens is 3. The highest BCUT2D eigenvalue weighted by Gasteiger charge is 2.58. The van der Waals surface area contributed by atoms with E-state index in [1.54, 1.807) is 43.6 Å². The van der Waals surface area contributed by atoms with Crippen molar-refractivity contribution in [1.29, 1.82) is 0 Å². The van der Waals surface area contributed by atoms with Crippen LogP contribution in [0.25, 0.3) is 16.7 Å². The molecule has 0 bridgehead atoms. The molecule has 196 valence electrons. The van der Waals surface area contributed by atoms with Crippen molar-refractivity contribution in [2.75, 3.05) is 14.2 Å². The summed E-state index contributed by atoms with van der Waals surface area (Å²) in [5.41, 5.74) is -0.287. The SMILES string of the molecule is COC(=O)C(C(=O)OC)(c1cc(Cl)c(Cl)cc1[N+](=O)[O-])C(C)c1ccc(-n2c(C)nc3cnccc32)cc1. The molecule has 12 heteroatoms. The van der Waals surface area contributed by atoms with Gasteiger partial charge in [-0.1, -0.05) is 42.3 Å². The summed E-state index contributed by atoms with van der Waals surface area (Å²) in [6, 6.07) is 11.0. The standard InChI is InChI=1S/C26H22Cl2N4O6/c1-14(16-5-7-17(8-6-16)31-15(2)30-21-13-29-10-9-22(21)31)26(24(33)37-3,25(34)38-4)18-11-19(27)20(28)12-23(18)32(35)36/h5-14H,1-4H3. The minimum Gasteiger partial charge on any atom is -0.468 e. The number of carbonyl (C=O) groups is 2. The van der Waals surface area contributed by atoms with Gasteiger partial charge < -0.3 is 9.47 Å². The molecule has 0 radical (unpaired) electrons. The first-order valence-electron chi connectivity index (χ1n) is 11.3. The van der Waals surface area contributed by atoms with Crippen LogP contribution in [0.3, 0.4) is 0 Å². The number of nitro benzene ring substituents is 1. The number of nitrogens with zero attached hydrogens (tertiary/aromatic N) is 4. The van der Waals surface area contributed by atoms with E-state index < -0.39 is 33.9 Å². The van der Waals surface area contributed by atoms with E-state index in [0.717, 1.165) is 48.9 Å². The third-order valence-corrected chi connectivity index (χ3v) is 7.32. The summed E-state index contributed by atoms with van der Waals surface area (Å²) >= 11 is 12.3. The van der Waals surface area contributed by atoms with Gasteiger partial charge in [-0.3, -0.25) is 29.3 Å². The first-order valence-corrected chi connectivity index (χ1v) is 12.0. The van der Waals surface area contributed by atoms with E-state index in [2.05, 4.69) is 9.97 Å². The molecule has 2 aromatic carbocycles. The molecule has 4 rings (SSSR count). The maximum absolute atomic E-state index is 13.4. The molecule has 0 aliphatic heterocycles. The zero-order valence-electron chi connectivity index (χ0n) is 20.8. The van der Waals surface area contributed by atoms with E-state index in [-0.39, 0.29) is 15.6 Å². The van der Waals surface area contributed by atoms with Crippen LogP contribution >= 0.6 is 23.2 Å². The second kappa shape index (κ2) is 10.4. The highest BCUT2D eigenvalue weighted by Crippen LogP contribution is 2.47. The Bertz CT molecular complexity index is 1550. The molecule has 2 heterocycles. The molecule has 0 saturated carbocycles. The van der Waals surface area contributed by atoms with Crippen molar-refractivity contribution in [3.05, 3.63) is 92.0 Å². The van der Waals surface area contributed by atoms with Gasteiger partial charge in [0.1, 0.15) is 11.3 Å². The molecule has 2 aromatic heterocycles. The summed E-state index contributed by atoms with van der Waals surface area (Å²) in [6.07, 6.45) is 3.34. The molecular weight excluding hydrogens is 535 g/mol. The highest BCUT2D eigenvalue weighted by molar-refractivity contribution is 6.42. The summed E-state index contributed by atoms with van der Waals surface area (Å²) in [5, 5.41) is 11.8. The minimum absolute atomic E-state index is 0.0797. The topological polar surface area (TPSA) is 126 Å². The van der Waals surface area contributed by atoms with Crippen molar-refractivity contribution < 1.29 is 24.0 Å². The number of pyridine rings is 1. The molecule has 1 unspecified atom stereocenters. The van der Waals surface area contributed by atoms with Crippen LogP contribution in [-0.4, -0.2) is 45.6 Å². The molecule has 0 amide bonds. The molecular formula is C26H22Cl2N4O6. The van der Waals surface area contributed by atoms with Gasteiger partial charge in [0, 0.05) is 23.9 Å². The molecule has 0 spiro atoms. The predicted molar refractivity (Wildman–Crippen MR) is 141 cm³/mol. The first kappa shape index (κ1) is 27.0. The molecule has 0 fully saturated rings. The zero-order valence-corrected chi connectivity index (χ0v) is 22.3. The van der Waals surface area contributed by atoms with E-state index in [4.69, 9.17) is 32.7 Å². The minimum atomic E-state index is -2.27. The molecule has 0 saturated heterocycles. The average Bonchev–Trinajstić information content (AvgIpc) is 3.25. The Morgan fingerprint density at radius 3 is 2.24 bits per heavy atom. The number of aryl methyl sites for hydroxylation is 1. The Kier molecular flexibility index (Phi) is 7.39. The Labute approximate surface area is 227 Å². The first-order chi connectivity index (χ1) is 18.1. The number of hydrogen-bond acceptors (Lipinski definition) is 8. The number of ether oxygens (including phenoxy) is 2. The second-order valence-corrected chi connectivity index (χ2v) is 9.32. The van der Waals surface area contributed by atoms with Gasteiger partial charge in [0.25, 0.3) is 5.69 Å². The predicted octanol–water partition coefficient (Wildman–Crippen LogP) is 5.33. The van der Waals surface area contributed by atoms with Gasteiger partial charge in [-0.25, -0.2) is 4.98 Å². The van der Waals surface area contributed by atoms with Gasteiger partial charge in [0.05, 0.1) is 46.5 Å². The summed E-state index contributed by atoms with van der Waals surface area (Å²) in [6.45, 7) is 3.44. The second-order valence-electron chi connectivity index (χ2n) is 8.50. The maximum atomic E-state index is 13.4. The lowest BCUT2D eigenvalue weighted by Gasteiger charge is -2.34. The Morgan fingerprint density at radius 1 is 1.05 bits per heavy atom. The number of halogens is 2. The Hall–Kier alpha value is -4.02. The van der Waals surface area contributed by atoms with Crippen LogP contribution in [0.5, 0.6) is 0 Å². The van der Waals surface area contributed by atoms with Crippen LogP contribution in [-0.2, 0) is 24.5 Å². The lowest BCUT2D eigenvalue weighted by atomic mass is 9.67. The van der Waals surface area contributed by atoms with E-state index in [0.29, 0.717) is 5.56 Å². The quantitative estimate of drug-likeness (QED) is 0.129. The van der Waals surface area contributed by atoms with Crippen molar-refractivity contribution in [3.63, 3.8) is 0 Å². The van der Waals surface area contributed by atoms with Gasteiger partial charge in [-0.05, 0) is 36.8 Å². The smallest absolute Gasteiger partial charge is 0.328 e. The number of hydrogen-bond donors (Lipinski definition) is 0. The van der Waals surface area contributed by atoms with Crippen molar-refractivity contribution in [2.24, 2.45) is 0 Å². The fourth-order valence-corrected chi connectivity index (χ4v) is 5.08. The zero-order chi connectivity index (χ0) is 27.8. The van der Waals surface area contributed by atoms with Crippen molar-refractivity contribution in [2.45, 2.75) is 25.2 Å². The van der Waals surface area contributed by atoms with Crippen LogP contribution < -0.4 is 0 Å².